The monoisotopic (exact) mass is 378 g/mol. The first-order chi connectivity index (χ1) is 12.5. The Morgan fingerprint density at radius 2 is 2.12 bits per heavy atom. The van der Waals surface area contributed by atoms with Crippen molar-refractivity contribution in [3.63, 3.8) is 0 Å². The van der Waals surface area contributed by atoms with Crippen LogP contribution in [0.4, 0.5) is 0 Å². The van der Waals surface area contributed by atoms with Crippen molar-refractivity contribution in [1.29, 1.82) is 0 Å². The summed E-state index contributed by atoms with van der Waals surface area (Å²) in [6.07, 6.45) is 0. The minimum absolute atomic E-state index is 0.160. The van der Waals surface area contributed by atoms with Crippen LogP contribution in [0.5, 0.6) is 0 Å². The Morgan fingerprint density at radius 3 is 2.81 bits per heavy atom. The van der Waals surface area contributed by atoms with Crippen molar-refractivity contribution in [2.45, 2.75) is 19.9 Å². The van der Waals surface area contributed by atoms with Gasteiger partial charge in [0.2, 0.25) is 5.91 Å². The zero-order chi connectivity index (χ0) is 18.7. The Bertz CT molecular complexity index is 758. The van der Waals surface area contributed by atoms with Crippen molar-refractivity contribution >= 4 is 33.4 Å². The number of aromatic nitrogens is 2. The van der Waals surface area contributed by atoms with Gasteiger partial charge in [-0.2, -0.15) is 5.10 Å². The highest BCUT2D eigenvalue weighted by molar-refractivity contribution is 7.20. The Morgan fingerprint density at radius 1 is 1.38 bits per heavy atom. The molecule has 0 radical (unpaired) electrons. The van der Waals surface area contributed by atoms with Gasteiger partial charge >= 0.3 is 0 Å². The number of thiophene rings is 1. The van der Waals surface area contributed by atoms with Crippen molar-refractivity contribution in [3.05, 3.63) is 16.6 Å². The molecule has 26 heavy (non-hydrogen) atoms. The van der Waals surface area contributed by atoms with Gasteiger partial charge in [0.25, 0.3) is 5.91 Å². The maximum Gasteiger partial charge on any atom is 0.262 e. The lowest BCUT2D eigenvalue weighted by Gasteiger charge is -2.27. The smallest absolute Gasteiger partial charge is 0.262 e. The first kappa shape index (κ1) is 18.8. The predicted molar refractivity (Wildman–Crippen MR) is 103 cm³/mol. The number of piperazine rings is 1. The molecule has 2 aromatic rings. The summed E-state index contributed by atoms with van der Waals surface area (Å²) in [6.45, 7) is 9.03. The Labute approximate surface area is 156 Å². The molecule has 9 heteroatoms. The van der Waals surface area contributed by atoms with Crippen LogP contribution >= 0.6 is 11.3 Å². The zero-order valence-electron chi connectivity index (χ0n) is 15.5. The van der Waals surface area contributed by atoms with Gasteiger partial charge < -0.3 is 16.0 Å². The summed E-state index contributed by atoms with van der Waals surface area (Å²) in [5, 5.41) is 14.3. The molecule has 8 nitrogen and oxygen atoms in total. The summed E-state index contributed by atoms with van der Waals surface area (Å²) in [5.74, 6) is -0.386. The minimum atomic E-state index is -0.574. The number of rotatable bonds is 6. The first-order valence-electron chi connectivity index (χ1n) is 8.90. The predicted octanol–water partition coefficient (Wildman–Crippen LogP) is 0.0829. The standard InChI is InChI=1S/C17H26N6O2S/c1-11-13-10-14(26-17(13)22(3)21-11)16(25)20-12(2)15(24)19-6-9-23-7-4-18-5-8-23/h10,12,18H,4-9H2,1-3H3,(H,19,24)(H,20,25). The number of carbonyl (C=O) groups excluding carboxylic acids is 2. The summed E-state index contributed by atoms with van der Waals surface area (Å²) < 4.78 is 1.78. The van der Waals surface area contributed by atoms with Gasteiger partial charge in [0, 0.05) is 51.7 Å². The highest BCUT2D eigenvalue weighted by Crippen LogP contribution is 2.27. The van der Waals surface area contributed by atoms with Crippen molar-refractivity contribution in [2.75, 3.05) is 39.3 Å². The second kappa shape index (κ2) is 8.15. The van der Waals surface area contributed by atoms with Crippen molar-refractivity contribution < 1.29 is 9.59 Å². The van der Waals surface area contributed by atoms with Crippen LogP contribution in [0.3, 0.4) is 0 Å². The molecule has 3 N–H and O–H groups in total. The third-order valence-corrected chi connectivity index (χ3v) is 5.80. The van der Waals surface area contributed by atoms with E-state index >= 15 is 0 Å². The van der Waals surface area contributed by atoms with Crippen molar-refractivity contribution in [3.8, 4) is 0 Å². The molecule has 3 rings (SSSR count). The molecule has 0 bridgehead atoms. The van der Waals surface area contributed by atoms with E-state index in [-0.39, 0.29) is 11.8 Å². The SMILES string of the molecule is Cc1nn(C)c2sc(C(=O)NC(C)C(=O)NCCN3CCNCC3)cc12. The van der Waals surface area contributed by atoms with Crippen LogP contribution in [0.2, 0.25) is 0 Å². The second-order valence-corrected chi connectivity index (χ2v) is 7.65. The molecular weight excluding hydrogens is 352 g/mol. The lowest BCUT2D eigenvalue weighted by molar-refractivity contribution is -0.122. The molecule has 1 aliphatic heterocycles. The van der Waals surface area contributed by atoms with Gasteiger partial charge in [-0.05, 0) is 19.9 Å². The Hall–Kier alpha value is -1.97. The zero-order valence-corrected chi connectivity index (χ0v) is 16.3. The average Bonchev–Trinajstić information content (AvgIpc) is 3.17. The van der Waals surface area contributed by atoms with Crippen LogP contribution in [-0.2, 0) is 11.8 Å². The third-order valence-electron chi connectivity index (χ3n) is 4.60. The maximum absolute atomic E-state index is 12.4. The quantitative estimate of drug-likeness (QED) is 0.662. The number of aryl methyl sites for hydroxylation is 2. The highest BCUT2D eigenvalue weighted by atomic mass is 32.1. The van der Waals surface area contributed by atoms with Crippen molar-refractivity contribution in [2.24, 2.45) is 7.05 Å². The normalized spacial score (nSPS) is 16.6. The van der Waals surface area contributed by atoms with Gasteiger partial charge in [-0.3, -0.25) is 19.2 Å². The van der Waals surface area contributed by atoms with Crippen LogP contribution in [-0.4, -0.2) is 71.8 Å². The molecule has 1 unspecified atom stereocenters. The molecule has 0 saturated carbocycles. The molecule has 0 aliphatic carbocycles. The van der Waals surface area contributed by atoms with E-state index < -0.39 is 6.04 Å². The molecule has 1 saturated heterocycles. The number of hydrogen-bond donors (Lipinski definition) is 3. The van der Waals surface area contributed by atoms with Crippen LogP contribution in [0.1, 0.15) is 22.3 Å². The molecule has 3 heterocycles. The Balaban J connectivity index is 1.49. The molecule has 0 spiro atoms. The van der Waals surface area contributed by atoms with Gasteiger partial charge in [-0.25, -0.2) is 0 Å². The number of carbonyl (C=O) groups is 2. The van der Waals surface area contributed by atoms with E-state index in [0.717, 1.165) is 48.6 Å². The maximum atomic E-state index is 12.4. The van der Waals surface area contributed by atoms with Gasteiger partial charge in [0.1, 0.15) is 10.9 Å². The molecule has 0 aromatic carbocycles. The fourth-order valence-electron chi connectivity index (χ4n) is 3.08. The van der Waals surface area contributed by atoms with Gasteiger partial charge in [-0.1, -0.05) is 0 Å². The topological polar surface area (TPSA) is 91.3 Å². The molecule has 1 atom stereocenters. The summed E-state index contributed by atoms with van der Waals surface area (Å²) in [4.78, 5) is 28.5. The van der Waals surface area contributed by atoms with Crippen molar-refractivity contribution in [1.82, 2.24) is 30.6 Å². The molecule has 2 amide bonds. The second-order valence-electron chi connectivity index (χ2n) is 6.62. The minimum Gasteiger partial charge on any atom is -0.353 e. The van der Waals surface area contributed by atoms with E-state index in [1.54, 1.807) is 11.6 Å². The fraction of sp³-hybridized carbons (Fsp3) is 0.588. The van der Waals surface area contributed by atoms with Crippen LogP contribution < -0.4 is 16.0 Å². The summed E-state index contributed by atoms with van der Waals surface area (Å²) in [6, 6.07) is 1.27. The van der Waals surface area contributed by atoms with Gasteiger partial charge in [0.05, 0.1) is 10.6 Å². The van der Waals surface area contributed by atoms with E-state index in [2.05, 4.69) is 25.9 Å². The van der Waals surface area contributed by atoms with E-state index in [1.807, 2.05) is 20.0 Å². The molecule has 1 fully saturated rings. The fourth-order valence-corrected chi connectivity index (χ4v) is 4.10. The van der Waals surface area contributed by atoms with E-state index in [9.17, 15) is 9.59 Å². The molecular formula is C17H26N6O2S. The molecule has 142 valence electrons. The first-order valence-corrected chi connectivity index (χ1v) is 9.72. The van der Waals surface area contributed by atoms with E-state index in [0.29, 0.717) is 11.4 Å². The van der Waals surface area contributed by atoms with Crippen LogP contribution in [0.15, 0.2) is 6.07 Å². The largest absolute Gasteiger partial charge is 0.353 e. The van der Waals surface area contributed by atoms with Crippen LogP contribution in [0, 0.1) is 6.92 Å². The van der Waals surface area contributed by atoms with Crippen LogP contribution in [0.25, 0.3) is 10.2 Å². The number of nitrogens with one attached hydrogen (secondary N) is 3. The summed E-state index contributed by atoms with van der Waals surface area (Å²) in [7, 11) is 1.86. The highest BCUT2D eigenvalue weighted by Gasteiger charge is 2.20. The average molecular weight is 379 g/mol. The number of hydrogen-bond acceptors (Lipinski definition) is 6. The Kier molecular flexibility index (Phi) is 5.90. The number of fused-ring (bicyclic) bond motifs is 1. The number of amides is 2. The lowest BCUT2D eigenvalue weighted by Crippen LogP contribution is -2.49. The molecule has 2 aromatic heterocycles. The van der Waals surface area contributed by atoms with Gasteiger partial charge in [-0.15, -0.1) is 11.3 Å². The number of nitrogens with zero attached hydrogens (tertiary/aromatic N) is 3. The lowest BCUT2D eigenvalue weighted by atomic mass is 10.2. The summed E-state index contributed by atoms with van der Waals surface area (Å²) in [5.41, 5.74) is 0.900. The van der Waals surface area contributed by atoms with E-state index in [4.69, 9.17) is 0 Å². The molecule has 1 aliphatic rings. The third kappa shape index (κ3) is 4.22. The van der Waals surface area contributed by atoms with Gasteiger partial charge in [0.15, 0.2) is 0 Å². The summed E-state index contributed by atoms with van der Waals surface area (Å²) >= 11 is 1.39. The van der Waals surface area contributed by atoms with E-state index in [1.165, 1.54) is 11.3 Å².